The lowest BCUT2D eigenvalue weighted by atomic mass is 9.87. The Labute approximate surface area is 108 Å². The van der Waals surface area contributed by atoms with Crippen molar-refractivity contribution in [2.24, 2.45) is 5.41 Å². The first-order valence-electron chi connectivity index (χ1n) is 6.34. The average Bonchev–Trinajstić information content (AvgIpc) is 2.69. The van der Waals surface area contributed by atoms with E-state index in [-0.39, 0.29) is 17.4 Å². The summed E-state index contributed by atoms with van der Waals surface area (Å²) >= 11 is 0. The molecule has 1 atom stereocenters. The predicted octanol–water partition coefficient (Wildman–Crippen LogP) is 2.87. The molecule has 1 fully saturated rings. The molecule has 0 heterocycles. The van der Waals surface area contributed by atoms with E-state index in [1.807, 2.05) is 6.07 Å². The summed E-state index contributed by atoms with van der Waals surface area (Å²) in [5, 5.41) is 11.8. The molecule has 0 saturated heterocycles. The Morgan fingerprint density at radius 2 is 2.06 bits per heavy atom. The highest BCUT2D eigenvalue weighted by atomic mass is 16.1. The minimum Gasteiger partial charge on any atom is -0.349 e. The molecule has 0 bridgehead atoms. The molecular weight excluding hydrogens is 224 g/mol. The highest BCUT2D eigenvalue weighted by Gasteiger charge is 2.35. The monoisotopic (exact) mass is 242 g/mol. The quantitative estimate of drug-likeness (QED) is 0.867. The molecule has 1 aliphatic rings. The van der Waals surface area contributed by atoms with Gasteiger partial charge < -0.3 is 5.32 Å². The van der Waals surface area contributed by atoms with Gasteiger partial charge in [-0.05, 0) is 42.5 Å². The van der Waals surface area contributed by atoms with Gasteiger partial charge >= 0.3 is 0 Å². The number of nitrogens with one attached hydrogen (secondary N) is 1. The molecule has 3 nitrogen and oxygen atoms in total. The van der Waals surface area contributed by atoms with Crippen LogP contribution in [0.15, 0.2) is 24.3 Å². The van der Waals surface area contributed by atoms with E-state index in [9.17, 15) is 4.79 Å². The third-order valence-electron chi connectivity index (χ3n) is 3.84. The van der Waals surface area contributed by atoms with Crippen molar-refractivity contribution in [1.82, 2.24) is 5.32 Å². The second-order valence-corrected chi connectivity index (χ2v) is 5.60. The molecule has 1 aromatic rings. The van der Waals surface area contributed by atoms with Crippen molar-refractivity contribution in [2.75, 3.05) is 0 Å². The molecule has 0 radical (unpaired) electrons. The van der Waals surface area contributed by atoms with E-state index in [2.05, 4.69) is 19.2 Å². The lowest BCUT2D eigenvalue weighted by molar-refractivity contribution is 0.0910. The van der Waals surface area contributed by atoms with Crippen molar-refractivity contribution >= 4 is 5.91 Å². The van der Waals surface area contributed by atoms with Crippen LogP contribution in [0.25, 0.3) is 0 Å². The van der Waals surface area contributed by atoms with Crippen molar-refractivity contribution in [2.45, 2.75) is 39.2 Å². The normalized spacial score (nSPS) is 21.3. The molecule has 1 saturated carbocycles. The zero-order valence-electron chi connectivity index (χ0n) is 10.9. The molecule has 18 heavy (non-hydrogen) atoms. The van der Waals surface area contributed by atoms with Crippen LogP contribution in [-0.2, 0) is 0 Å². The summed E-state index contributed by atoms with van der Waals surface area (Å²) in [6.07, 6.45) is 3.38. The summed E-state index contributed by atoms with van der Waals surface area (Å²) in [5.74, 6) is -0.0422. The Balaban J connectivity index is 2.06. The fourth-order valence-electron chi connectivity index (χ4n) is 2.53. The molecule has 1 aliphatic carbocycles. The summed E-state index contributed by atoms with van der Waals surface area (Å²) in [4.78, 5) is 12.1. The zero-order valence-corrected chi connectivity index (χ0v) is 10.9. The number of hydrogen-bond acceptors (Lipinski definition) is 2. The van der Waals surface area contributed by atoms with Gasteiger partial charge in [-0.15, -0.1) is 0 Å². The van der Waals surface area contributed by atoms with E-state index in [1.165, 1.54) is 6.42 Å². The van der Waals surface area contributed by atoms with Gasteiger partial charge in [0.15, 0.2) is 0 Å². The number of carbonyl (C=O) groups excluding carboxylic acids is 1. The summed E-state index contributed by atoms with van der Waals surface area (Å²) in [6.45, 7) is 4.40. The first kappa shape index (κ1) is 12.6. The Kier molecular flexibility index (Phi) is 3.38. The number of nitriles is 1. The topological polar surface area (TPSA) is 52.9 Å². The summed E-state index contributed by atoms with van der Waals surface area (Å²) in [7, 11) is 0. The van der Waals surface area contributed by atoms with Crippen LogP contribution < -0.4 is 5.32 Å². The van der Waals surface area contributed by atoms with Crippen molar-refractivity contribution in [3.8, 4) is 6.07 Å². The van der Waals surface area contributed by atoms with E-state index < -0.39 is 0 Å². The van der Waals surface area contributed by atoms with Crippen molar-refractivity contribution < 1.29 is 4.79 Å². The van der Waals surface area contributed by atoms with Gasteiger partial charge in [-0.2, -0.15) is 5.26 Å². The molecule has 1 aromatic carbocycles. The number of amides is 1. The number of rotatable bonds is 2. The van der Waals surface area contributed by atoms with Crippen LogP contribution >= 0.6 is 0 Å². The minimum atomic E-state index is -0.0422. The van der Waals surface area contributed by atoms with Crippen LogP contribution in [0.5, 0.6) is 0 Å². The Bertz CT molecular complexity index is 482. The van der Waals surface area contributed by atoms with E-state index in [4.69, 9.17) is 5.26 Å². The molecule has 1 unspecified atom stereocenters. The lowest BCUT2D eigenvalue weighted by Crippen LogP contribution is -2.41. The molecule has 94 valence electrons. The minimum absolute atomic E-state index is 0.0422. The second kappa shape index (κ2) is 4.81. The maximum atomic E-state index is 12.1. The Morgan fingerprint density at radius 3 is 2.56 bits per heavy atom. The number of benzene rings is 1. The fourth-order valence-corrected chi connectivity index (χ4v) is 2.53. The van der Waals surface area contributed by atoms with Gasteiger partial charge in [0.1, 0.15) is 0 Å². The highest BCUT2D eigenvalue weighted by Crippen LogP contribution is 2.37. The lowest BCUT2D eigenvalue weighted by Gasteiger charge is -2.27. The SMILES string of the molecule is CC1(C)CCCC1NC(=O)c1ccc(C#N)cc1. The van der Waals surface area contributed by atoms with Crippen molar-refractivity contribution in [3.63, 3.8) is 0 Å². The van der Waals surface area contributed by atoms with E-state index >= 15 is 0 Å². The highest BCUT2D eigenvalue weighted by molar-refractivity contribution is 5.94. The predicted molar refractivity (Wildman–Crippen MR) is 70.0 cm³/mol. The molecule has 1 N–H and O–H groups in total. The summed E-state index contributed by atoms with van der Waals surface area (Å²) < 4.78 is 0. The molecular formula is C15H18N2O. The van der Waals surface area contributed by atoms with E-state index in [0.29, 0.717) is 11.1 Å². The maximum absolute atomic E-state index is 12.1. The van der Waals surface area contributed by atoms with Gasteiger partial charge in [-0.3, -0.25) is 4.79 Å². The molecule has 0 aromatic heterocycles. The molecule has 3 heteroatoms. The van der Waals surface area contributed by atoms with Crippen LogP contribution in [0.4, 0.5) is 0 Å². The smallest absolute Gasteiger partial charge is 0.251 e. The van der Waals surface area contributed by atoms with Crippen LogP contribution in [0.3, 0.4) is 0 Å². The summed E-state index contributed by atoms with van der Waals surface area (Å²) in [6, 6.07) is 9.06. The second-order valence-electron chi connectivity index (χ2n) is 5.60. The van der Waals surface area contributed by atoms with Crippen molar-refractivity contribution in [1.29, 1.82) is 5.26 Å². The third kappa shape index (κ3) is 2.53. The van der Waals surface area contributed by atoms with Crippen molar-refractivity contribution in [3.05, 3.63) is 35.4 Å². The first-order valence-corrected chi connectivity index (χ1v) is 6.34. The zero-order chi connectivity index (χ0) is 13.2. The Morgan fingerprint density at radius 1 is 1.39 bits per heavy atom. The molecule has 0 aliphatic heterocycles. The average molecular weight is 242 g/mol. The van der Waals surface area contributed by atoms with Gasteiger partial charge in [0.2, 0.25) is 0 Å². The van der Waals surface area contributed by atoms with Crippen LogP contribution in [-0.4, -0.2) is 11.9 Å². The van der Waals surface area contributed by atoms with E-state index in [0.717, 1.165) is 12.8 Å². The fraction of sp³-hybridized carbons (Fsp3) is 0.467. The number of carbonyl (C=O) groups is 1. The van der Waals surface area contributed by atoms with Gasteiger partial charge in [0, 0.05) is 11.6 Å². The van der Waals surface area contributed by atoms with Crippen LogP contribution in [0.1, 0.15) is 49.0 Å². The first-order chi connectivity index (χ1) is 8.53. The third-order valence-corrected chi connectivity index (χ3v) is 3.84. The summed E-state index contributed by atoms with van der Waals surface area (Å²) in [5.41, 5.74) is 1.38. The van der Waals surface area contributed by atoms with E-state index in [1.54, 1.807) is 24.3 Å². The van der Waals surface area contributed by atoms with Gasteiger partial charge in [0.25, 0.3) is 5.91 Å². The van der Waals surface area contributed by atoms with Gasteiger partial charge in [0.05, 0.1) is 11.6 Å². The molecule has 1 amide bonds. The van der Waals surface area contributed by atoms with Gasteiger partial charge in [-0.25, -0.2) is 0 Å². The van der Waals surface area contributed by atoms with Crippen LogP contribution in [0, 0.1) is 16.7 Å². The largest absolute Gasteiger partial charge is 0.349 e. The number of hydrogen-bond donors (Lipinski definition) is 1. The maximum Gasteiger partial charge on any atom is 0.251 e. The molecule has 2 rings (SSSR count). The number of nitrogens with zero attached hydrogens (tertiary/aromatic N) is 1. The van der Waals surface area contributed by atoms with Crippen LogP contribution in [0.2, 0.25) is 0 Å². The molecule has 0 spiro atoms. The van der Waals surface area contributed by atoms with Gasteiger partial charge in [-0.1, -0.05) is 20.3 Å². The standard InChI is InChI=1S/C15H18N2O/c1-15(2)9-3-4-13(15)17-14(18)12-7-5-11(10-16)6-8-12/h5-8,13H,3-4,9H2,1-2H3,(H,17,18). The Hall–Kier alpha value is -1.82.